The van der Waals surface area contributed by atoms with E-state index < -0.39 is 97.5 Å². The van der Waals surface area contributed by atoms with Gasteiger partial charge in [-0.15, -0.1) is 0 Å². The molecule has 0 aromatic carbocycles. The number of aliphatic hydroxyl groups is 1. The van der Waals surface area contributed by atoms with Crippen LogP contribution < -0.4 is 0 Å². The third-order valence-corrected chi connectivity index (χ3v) is 22.3. The van der Waals surface area contributed by atoms with Gasteiger partial charge in [0, 0.05) is 25.7 Å². The van der Waals surface area contributed by atoms with Gasteiger partial charge in [-0.3, -0.25) is 37.3 Å². The summed E-state index contributed by atoms with van der Waals surface area (Å²) in [5.41, 5.74) is 0. The first kappa shape index (κ1) is 101. The van der Waals surface area contributed by atoms with E-state index in [1.165, 1.54) is 250 Å². The van der Waals surface area contributed by atoms with E-state index in [2.05, 4.69) is 48.5 Å². The molecule has 3 N–H and O–H groups in total. The lowest BCUT2D eigenvalue weighted by molar-refractivity contribution is -0.161. The number of rotatable bonds is 82. The summed E-state index contributed by atoms with van der Waals surface area (Å²) in [6, 6.07) is 0. The van der Waals surface area contributed by atoms with Crippen molar-refractivity contribution >= 4 is 39.5 Å². The molecule has 0 heterocycles. The molecule has 0 aliphatic heterocycles. The van der Waals surface area contributed by atoms with Crippen molar-refractivity contribution in [2.24, 2.45) is 17.8 Å². The molecule has 19 heteroatoms. The van der Waals surface area contributed by atoms with Crippen LogP contribution >= 0.6 is 15.6 Å². The predicted molar refractivity (Wildman–Crippen MR) is 423 cm³/mol. The minimum absolute atomic E-state index is 0.106. The number of esters is 4. The first-order valence-corrected chi connectivity index (χ1v) is 46.4. The smallest absolute Gasteiger partial charge is 0.462 e. The van der Waals surface area contributed by atoms with Gasteiger partial charge in [0.2, 0.25) is 0 Å². The summed E-state index contributed by atoms with van der Waals surface area (Å²) >= 11 is 0. The molecule has 0 saturated heterocycles. The third kappa shape index (κ3) is 75.3. The molecule has 0 rings (SSSR count). The van der Waals surface area contributed by atoms with E-state index in [0.29, 0.717) is 25.7 Å². The molecule has 0 aromatic heterocycles. The second-order valence-corrected chi connectivity index (χ2v) is 34.1. The molecule has 0 saturated carbocycles. The van der Waals surface area contributed by atoms with Crippen LogP contribution in [0.25, 0.3) is 0 Å². The van der Waals surface area contributed by atoms with E-state index in [0.717, 1.165) is 108 Å². The summed E-state index contributed by atoms with van der Waals surface area (Å²) in [6.07, 6.45) is 63.8. The highest BCUT2D eigenvalue weighted by Crippen LogP contribution is 2.45. The molecule has 0 bridgehead atoms. The average molecular weight is 1510 g/mol. The zero-order chi connectivity index (χ0) is 75.8. The van der Waals surface area contributed by atoms with Crippen LogP contribution in [0.5, 0.6) is 0 Å². The van der Waals surface area contributed by atoms with Gasteiger partial charge in [0.1, 0.15) is 19.3 Å². The Morgan fingerprint density at radius 1 is 0.282 bits per heavy atom. The van der Waals surface area contributed by atoms with Gasteiger partial charge in [-0.1, -0.05) is 389 Å². The van der Waals surface area contributed by atoms with Crippen LogP contribution in [0.3, 0.4) is 0 Å². The number of hydrogen-bond donors (Lipinski definition) is 3. The zero-order valence-electron chi connectivity index (χ0n) is 67.8. The normalized spacial score (nSPS) is 14.4. The monoisotopic (exact) mass is 1510 g/mol. The molecule has 0 radical (unpaired) electrons. The fourth-order valence-electron chi connectivity index (χ4n) is 13.0. The number of carbonyl (C=O) groups is 4. The average Bonchev–Trinajstić information content (AvgIpc) is 0.913. The Balaban J connectivity index is 5.24. The Bertz CT molecular complexity index is 2000. The van der Waals surface area contributed by atoms with Gasteiger partial charge in [0.05, 0.1) is 26.4 Å². The largest absolute Gasteiger partial charge is 0.472 e. The molecule has 17 nitrogen and oxygen atoms in total. The van der Waals surface area contributed by atoms with Gasteiger partial charge in [-0.2, -0.15) is 0 Å². The van der Waals surface area contributed by atoms with E-state index in [-0.39, 0.29) is 25.7 Å². The second-order valence-electron chi connectivity index (χ2n) is 31.2. The van der Waals surface area contributed by atoms with Crippen LogP contribution in [-0.2, 0) is 65.4 Å². The standard InChI is InChI=1S/C84H164O17P2/c1-8-11-12-13-14-15-16-17-18-19-20-21-22-23-24-25-26-31-37-46-53-60-67-83(88)100-79(71-94-81(86)65-58-51-44-36-30-28-27-29-34-41-48-55-62-75(4)5)73-98-102(90,91)96-69-78(85)70-97-103(92,93)99-74-80(72-95-82(87)66-59-52-45-40-39-43-50-57-64-77(7)10-3)101-84(89)68-61-54-47-38-33-32-35-42-49-56-63-76(6)9-2/h75-80,85H,8-74H2,1-7H3,(H,90,91)(H,92,93)/t76?,77?,78-,79-,80-/m1/s1. The number of phosphoric ester groups is 2. The van der Waals surface area contributed by atoms with Crippen molar-refractivity contribution in [2.45, 2.75) is 458 Å². The summed E-state index contributed by atoms with van der Waals surface area (Å²) in [7, 11) is -9.93. The van der Waals surface area contributed by atoms with Crippen LogP contribution in [-0.4, -0.2) is 96.7 Å². The SMILES string of the molecule is CCCCCCCCCCCCCCCCCCCCCCCCC(=O)O[C@H](COC(=O)CCCCCCCCCCCCCCC(C)C)COP(=O)(O)OC[C@@H](O)COP(=O)(O)OC[C@@H](COC(=O)CCCCCCCCCCC(C)CC)OC(=O)CCCCCCCCCCCCC(C)CC. The quantitative estimate of drug-likeness (QED) is 0.0222. The Morgan fingerprint density at radius 2 is 0.495 bits per heavy atom. The van der Waals surface area contributed by atoms with Gasteiger partial charge in [0.15, 0.2) is 12.2 Å². The van der Waals surface area contributed by atoms with Crippen molar-refractivity contribution in [1.82, 2.24) is 0 Å². The maximum Gasteiger partial charge on any atom is 0.472 e. The van der Waals surface area contributed by atoms with E-state index >= 15 is 0 Å². The Labute approximate surface area is 632 Å². The van der Waals surface area contributed by atoms with Crippen molar-refractivity contribution in [3.8, 4) is 0 Å². The fraction of sp³-hybridized carbons (Fsp3) is 0.952. The van der Waals surface area contributed by atoms with Crippen LogP contribution in [0.4, 0.5) is 0 Å². The van der Waals surface area contributed by atoms with E-state index in [9.17, 15) is 43.2 Å². The van der Waals surface area contributed by atoms with Gasteiger partial charge in [0.25, 0.3) is 0 Å². The van der Waals surface area contributed by atoms with Crippen LogP contribution in [0, 0.1) is 17.8 Å². The number of hydrogen-bond acceptors (Lipinski definition) is 15. The van der Waals surface area contributed by atoms with Crippen molar-refractivity contribution in [1.29, 1.82) is 0 Å². The molecule has 0 aliphatic carbocycles. The molecule has 0 aromatic rings. The van der Waals surface area contributed by atoms with Crippen molar-refractivity contribution in [3.05, 3.63) is 0 Å². The van der Waals surface area contributed by atoms with Crippen LogP contribution in [0.15, 0.2) is 0 Å². The lowest BCUT2D eigenvalue weighted by Gasteiger charge is -2.21. The molecule has 7 atom stereocenters. The molecule has 0 fully saturated rings. The molecule has 0 spiro atoms. The van der Waals surface area contributed by atoms with Gasteiger partial charge in [-0.25, -0.2) is 9.13 Å². The number of aliphatic hydroxyl groups excluding tert-OH is 1. The fourth-order valence-corrected chi connectivity index (χ4v) is 14.5. The Morgan fingerprint density at radius 3 is 0.738 bits per heavy atom. The molecule has 4 unspecified atom stereocenters. The molecule has 103 heavy (non-hydrogen) atoms. The topological polar surface area (TPSA) is 237 Å². The predicted octanol–water partition coefficient (Wildman–Crippen LogP) is 25.3. The maximum absolute atomic E-state index is 13.1. The van der Waals surface area contributed by atoms with Gasteiger partial charge in [-0.05, 0) is 43.4 Å². The number of unbranched alkanes of at least 4 members (excludes halogenated alkanes) is 48. The highest BCUT2D eigenvalue weighted by molar-refractivity contribution is 7.47. The van der Waals surface area contributed by atoms with Crippen molar-refractivity contribution < 1.29 is 80.2 Å². The highest BCUT2D eigenvalue weighted by atomic mass is 31.2. The minimum Gasteiger partial charge on any atom is -0.462 e. The molecular formula is C84H164O17P2. The van der Waals surface area contributed by atoms with Crippen LogP contribution in [0.2, 0.25) is 0 Å². The lowest BCUT2D eigenvalue weighted by atomic mass is 9.99. The summed E-state index contributed by atoms with van der Waals surface area (Å²) in [6.45, 7) is 12.0. The summed E-state index contributed by atoms with van der Waals surface area (Å²) in [4.78, 5) is 73.2. The van der Waals surface area contributed by atoms with Crippen molar-refractivity contribution in [3.63, 3.8) is 0 Å². The first-order chi connectivity index (χ1) is 49.8. The maximum atomic E-state index is 13.1. The molecule has 0 aliphatic rings. The first-order valence-electron chi connectivity index (χ1n) is 43.4. The lowest BCUT2D eigenvalue weighted by Crippen LogP contribution is -2.30. The van der Waals surface area contributed by atoms with E-state index in [1.54, 1.807) is 0 Å². The minimum atomic E-state index is -4.96. The Hall–Kier alpha value is -1.94. The number of carbonyl (C=O) groups excluding carboxylic acids is 4. The summed E-state index contributed by atoms with van der Waals surface area (Å²) < 4.78 is 68.8. The molecular weight excluding hydrogens is 1340 g/mol. The van der Waals surface area contributed by atoms with Gasteiger partial charge < -0.3 is 33.8 Å². The van der Waals surface area contributed by atoms with E-state index in [1.807, 2.05) is 0 Å². The Kier molecular flexibility index (Phi) is 72.8. The third-order valence-electron chi connectivity index (χ3n) is 20.4. The van der Waals surface area contributed by atoms with Crippen molar-refractivity contribution in [2.75, 3.05) is 39.6 Å². The molecule has 612 valence electrons. The van der Waals surface area contributed by atoms with E-state index in [4.69, 9.17) is 37.0 Å². The highest BCUT2D eigenvalue weighted by Gasteiger charge is 2.30. The molecule has 0 amide bonds. The summed E-state index contributed by atoms with van der Waals surface area (Å²) in [5, 5.41) is 10.7. The number of ether oxygens (including phenoxy) is 4. The van der Waals surface area contributed by atoms with Gasteiger partial charge >= 0.3 is 39.5 Å². The number of phosphoric acid groups is 2. The summed E-state index contributed by atoms with van der Waals surface area (Å²) in [5.74, 6) is 0.253. The second kappa shape index (κ2) is 74.2. The zero-order valence-corrected chi connectivity index (χ0v) is 69.6. The van der Waals surface area contributed by atoms with Crippen LogP contribution in [0.1, 0.15) is 440 Å².